The van der Waals surface area contributed by atoms with Gasteiger partial charge in [-0.2, -0.15) is 77.3 Å². The van der Waals surface area contributed by atoms with Crippen molar-refractivity contribution in [2.24, 2.45) is 0 Å². The van der Waals surface area contributed by atoms with Gasteiger partial charge in [0, 0.05) is 7.11 Å². The Morgan fingerprint density at radius 2 is 0.813 bits per heavy atom. The Labute approximate surface area is 511 Å². The number of hydrogen-bond acceptors (Lipinski definition) is 39. The van der Waals surface area contributed by atoms with Gasteiger partial charge in [-0.05, 0) is 0 Å². The zero-order valence-corrected chi connectivity index (χ0v) is 50.5. The molecule has 534 valence electrons. The first-order valence-corrected chi connectivity index (χ1v) is 34.3. The molecule has 11 unspecified atom stereocenters. The minimum absolute atomic E-state index is 0.739. The van der Waals surface area contributed by atoms with E-state index >= 15 is 0 Å². The predicted octanol–water partition coefficient (Wildman–Crippen LogP) is -13.5. The van der Waals surface area contributed by atoms with Crippen LogP contribution in [0.1, 0.15) is 0 Å². The van der Waals surface area contributed by atoms with Crippen LogP contribution in [0.15, 0.2) is 0 Å². The van der Waals surface area contributed by atoms with Crippen LogP contribution in [0.25, 0.3) is 0 Å². The lowest BCUT2D eigenvalue weighted by atomic mass is 9.94. The van der Waals surface area contributed by atoms with Crippen molar-refractivity contribution < 1.29 is 223 Å². The average Bonchev–Trinajstić information content (AvgIpc) is 0.768. The van der Waals surface area contributed by atoms with Gasteiger partial charge in [-0.1, -0.05) is 0 Å². The van der Waals surface area contributed by atoms with E-state index in [-0.39, 0.29) is 0 Å². The molecule has 5 fully saturated rings. The average molecular weight is 1510 g/mol. The van der Waals surface area contributed by atoms with Crippen LogP contribution in [0.5, 0.6) is 0 Å². The molecule has 0 amide bonds. The van der Waals surface area contributed by atoms with Gasteiger partial charge < -0.3 is 88.2 Å². The first kappa shape index (κ1) is 79.1. The highest BCUT2D eigenvalue weighted by molar-refractivity contribution is 7.84. The highest BCUT2D eigenvalue weighted by Crippen LogP contribution is 2.39. The molecule has 19 N–H and O–H groups in total. The van der Waals surface area contributed by atoms with Crippen molar-refractivity contribution in [3.05, 3.63) is 0 Å². The second-order valence-corrected chi connectivity index (χ2v) is 27.0. The fraction of sp³-hybridized carbons (Fsp3) is 0.935. The summed E-state index contributed by atoms with van der Waals surface area (Å²) in [6, 6.07) is -8.08. The molecular weight excluding hydrogens is 1450 g/mol. The number of ether oxygens (including phenoxy) is 10. The molecule has 5 aliphatic rings. The Morgan fingerprint density at radius 3 is 1.26 bits per heavy atom. The maximum atomic E-state index is 13.0. The van der Waals surface area contributed by atoms with Crippen molar-refractivity contribution in [2.45, 2.75) is 153 Å². The fourth-order valence-corrected chi connectivity index (χ4v) is 12.5. The Balaban J connectivity index is 1.59. The summed E-state index contributed by atoms with van der Waals surface area (Å²) in [5.41, 5.74) is 0. The van der Waals surface area contributed by atoms with E-state index in [2.05, 4.69) is 26.0 Å². The van der Waals surface area contributed by atoms with Gasteiger partial charge in [0.15, 0.2) is 49.8 Å². The molecule has 0 bridgehead atoms. The molecule has 60 heteroatoms. The Kier molecular flexibility index (Phi) is 26.8. The van der Waals surface area contributed by atoms with Crippen molar-refractivity contribution in [1.29, 1.82) is 0 Å². The van der Waals surface area contributed by atoms with E-state index < -0.39 is 269 Å². The van der Waals surface area contributed by atoms with E-state index in [4.69, 9.17) is 51.9 Å². The maximum absolute atomic E-state index is 13.0. The SMILES string of the molecule is CO[C@H]1O[C@@H](COS(=O)(=O)O)[C@@H](O[C@@H]2OC(C(=O)O)[C@H](O[C@@H]3OC(COS(=O)(=O)O)[C@@H](O[C@@H]4O[C@@H](C(=O)O)[C@@H](O[C@H]5O[C@@H](COOS(=O)O)[C@@H](O)C(O)C5NS(=O)(=O)O)C(O)C4O)C(OS(=O)(=O)O)[C@@H]3NS(=O)(=O)O)[C@@H](O)C2OS(=O)(=O)O)C(O)C1NS(=O)(=O)O. The number of aliphatic carboxylic acids is 2. The molecular formula is C31H53N3O49S8. The monoisotopic (exact) mass is 1510 g/mol. The van der Waals surface area contributed by atoms with Gasteiger partial charge in [-0.25, -0.2) is 31.2 Å². The molecule has 0 aromatic carbocycles. The number of carbonyl (C=O) groups is 2. The lowest BCUT2D eigenvalue weighted by molar-refractivity contribution is -0.374. The molecule has 0 saturated carbocycles. The van der Waals surface area contributed by atoms with Gasteiger partial charge in [-0.3, -0.25) is 36.4 Å². The molecule has 0 radical (unpaired) electrons. The zero-order chi connectivity index (χ0) is 69.2. The van der Waals surface area contributed by atoms with Gasteiger partial charge in [0.1, 0.15) is 110 Å². The summed E-state index contributed by atoms with van der Waals surface area (Å²) < 4.78 is 335. The third-order valence-electron chi connectivity index (χ3n) is 12.4. The summed E-state index contributed by atoms with van der Waals surface area (Å²) in [5.74, 6) is -4.87. The summed E-state index contributed by atoms with van der Waals surface area (Å²) >= 11 is -3.19. The minimum Gasteiger partial charge on any atom is -0.479 e. The summed E-state index contributed by atoms with van der Waals surface area (Å²) in [6.45, 7) is -4.74. The molecule has 91 heavy (non-hydrogen) atoms. The van der Waals surface area contributed by atoms with Crippen molar-refractivity contribution >= 4 is 95.8 Å². The number of aliphatic hydroxyl groups is 6. The summed E-state index contributed by atoms with van der Waals surface area (Å²) in [5, 5.41) is 88.0. The van der Waals surface area contributed by atoms with Gasteiger partial charge >= 0.3 is 95.8 Å². The lowest BCUT2D eigenvalue weighted by Crippen LogP contribution is -2.71. The van der Waals surface area contributed by atoms with Gasteiger partial charge in [0.05, 0.1) is 13.2 Å². The molecule has 5 heterocycles. The number of hydrogen-bond donors (Lipinski definition) is 19. The van der Waals surface area contributed by atoms with E-state index in [0.717, 1.165) is 11.8 Å². The third-order valence-corrected chi connectivity index (χ3v) is 16.1. The van der Waals surface area contributed by atoms with Crippen LogP contribution in [0, 0.1) is 0 Å². The lowest BCUT2D eigenvalue weighted by Gasteiger charge is -2.50. The maximum Gasteiger partial charge on any atom is 0.397 e. The van der Waals surface area contributed by atoms with Gasteiger partial charge in [-0.15, -0.1) is 4.33 Å². The topological polar surface area (TPSA) is 798 Å². The van der Waals surface area contributed by atoms with Crippen LogP contribution in [0.3, 0.4) is 0 Å². The molecule has 0 aromatic rings. The highest BCUT2D eigenvalue weighted by atomic mass is 32.3. The largest absolute Gasteiger partial charge is 0.479 e. The molecule has 5 rings (SSSR count). The summed E-state index contributed by atoms with van der Waals surface area (Å²) in [6.07, 6.45) is -62.7. The van der Waals surface area contributed by atoms with E-state index in [1.807, 2.05) is 0 Å². The first-order chi connectivity index (χ1) is 41.4. The quantitative estimate of drug-likeness (QED) is 0.0133. The van der Waals surface area contributed by atoms with Crippen LogP contribution in [-0.4, -0.2) is 333 Å². The number of carboxylic acids is 2. The predicted molar refractivity (Wildman–Crippen MR) is 262 cm³/mol. The van der Waals surface area contributed by atoms with Crippen LogP contribution in [0.4, 0.5) is 0 Å². The van der Waals surface area contributed by atoms with E-state index in [1.54, 1.807) is 0 Å². The van der Waals surface area contributed by atoms with Crippen molar-refractivity contribution in [3.63, 3.8) is 0 Å². The van der Waals surface area contributed by atoms with Crippen molar-refractivity contribution in [2.75, 3.05) is 26.9 Å². The first-order valence-electron chi connectivity index (χ1n) is 23.5. The molecule has 5 aliphatic heterocycles. The number of rotatable bonds is 31. The summed E-state index contributed by atoms with van der Waals surface area (Å²) in [4.78, 5) is 30.2. The Hall–Kier alpha value is -2.58. The van der Waals surface area contributed by atoms with Gasteiger partial charge in [0.25, 0.3) is 0 Å². The second kappa shape index (κ2) is 30.9. The molecule has 0 aromatic heterocycles. The highest BCUT2D eigenvalue weighted by Gasteiger charge is 2.61. The van der Waals surface area contributed by atoms with Crippen LogP contribution < -0.4 is 14.2 Å². The third kappa shape index (κ3) is 23.0. The number of carboxylic acid groups (broad SMARTS) is 2. The fourth-order valence-electron chi connectivity index (χ4n) is 8.97. The van der Waals surface area contributed by atoms with Crippen LogP contribution in [0.2, 0.25) is 0 Å². The number of aliphatic hydroxyl groups excluding tert-OH is 6. The standard InChI is InChI=1S/C31H53N3O49S8/c1-68-27-9(33-86(50,51)52)13(37)17(6(73-27)3-70-88(56,57)58)75-31-22(82-91(65,66)67)16(40)21(24(80-31)26(43)44)78-29-10(34-87(53,54)55)19(81-90(62,63)64)18(7(74-29)4-71-89(59,60)61)76-30-15(39)14(38)20(23(79-30)25(41)42)77-28-8(32-85(47,48)49)12(36)11(35)5(72-28)2-69-83-84(45)46/h5-24,27-40H,2-4H2,1H3,(H,41,42)(H,43,44)(H,45,46)(H,47,48,49)(H,50,51,52)(H,53,54,55)(H,56,57,58)(H,59,60,61)(H,62,63,64)(H,65,66,67)/t5-,6-,7?,8?,9?,10-,11+,12?,13?,14?,15?,16+,17+,18+,19?,20-,21+,22?,23+,24?,27-,28+,29-,30+,31+/m0/s1. The Bertz CT molecular complexity index is 3360. The van der Waals surface area contributed by atoms with E-state index in [0.29, 0.717) is 0 Å². The Morgan fingerprint density at radius 1 is 0.418 bits per heavy atom. The smallest absolute Gasteiger partial charge is 0.397 e. The molecule has 5 saturated heterocycles. The minimum atomic E-state index is -6.34. The number of methoxy groups -OCH3 is 1. The van der Waals surface area contributed by atoms with Crippen molar-refractivity contribution in [1.82, 2.24) is 14.2 Å². The molecule has 52 nitrogen and oxygen atoms in total. The second-order valence-electron chi connectivity index (χ2n) is 18.6. The van der Waals surface area contributed by atoms with E-state index in [9.17, 15) is 145 Å². The van der Waals surface area contributed by atoms with Crippen LogP contribution in [-0.2, 0) is 167 Å². The van der Waals surface area contributed by atoms with Crippen molar-refractivity contribution in [3.8, 4) is 0 Å². The normalized spacial score (nSPS) is 38.8. The van der Waals surface area contributed by atoms with Crippen LogP contribution >= 0.6 is 0 Å². The molecule has 26 atom stereocenters. The number of nitrogens with one attached hydrogen (secondary N) is 3. The molecule has 0 spiro atoms. The van der Waals surface area contributed by atoms with Gasteiger partial charge in [0.2, 0.25) is 0 Å². The molecule has 0 aliphatic carbocycles. The zero-order valence-electron chi connectivity index (χ0n) is 43.9. The summed E-state index contributed by atoms with van der Waals surface area (Å²) in [7, 11) is -40.3. The van der Waals surface area contributed by atoms with E-state index in [1.165, 1.54) is 9.44 Å².